The summed E-state index contributed by atoms with van der Waals surface area (Å²) in [6.07, 6.45) is 4.04. The molecule has 0 aliphatic carbocycles. The molecule has 3 aromatic rings. The highest BCUT2D eigenvalue weighted by Crippen LogP contribution is 2.23. The Kier molecular flexibility index (Phi) is 3.83. The summed E-state index contributed by atoms with van der Waals surface area (Å²) in [7, 11) is 0. The van der Waals surface area contributed by atoms with Gasteiger partial charge in [-0.3, -0.25) is 4.68 Å². The number of aromatic nitrogens is 1. The van der Waals surface area contributed by atoms with E-state index < -0.39 is 0 Å². The molecule has 0 fully saturated rings. The maximum atomic E-state index is 3.44. The van der Waals surface area contributed by atoms with E-state index in [9.17, 15) is 0 Å². The van der Waals surface area contributed by atoms with Crippen LogP contribution in [0.2, 0.25) is 0 Å². The zero-order chi connectivity index (χ0) is 13.6. The Morgan fingerprint density at radius 2 is 1.20 bits per heavy atom. The van der Waals surface area contributed by atoms with Crippen molar-refractivity contribution in [1.82, 2.24) is 4.68 Å². The average Bonchev–Trinajstić information content (AvgIpc) is 3.03. The topological polar surface area (TPSA) is 17.0 Å². The van der Waals surface area contributed by atoms with E-state index in [0.717, 1.165) is 6.54 Å². The van der Waals surface area contributed by atoms with Crippen molar-refractivity contribution in [3.05, 3.63) is 96.3 Å². The third-order valence-corrected chi connectivity index (χ3v) is 3.49. The minimum Gasteiger partial charge on any atom is -0.325 e. The van der Waals surface area contributed by atoms with Gasteiger partial charge in [-0.25, -0.2) is 0 Å². The minimum atomic E-state index is 0.347. The van der Waals surface area contributed by atoms with E-state index in [2.05, 4.69) is 66.1 Å². The van der Waals surface area contributed by atoms with Gasteiger partial charge in [-0.2, -0.15) is 0 Å². The largest absolute Gasteiger partial charge is 0.325 e. The first kappa shape index (κ1) is 12.5. The first-order chi connectivity index (χ1) is 9.93. The number of hydrogen-bond donors (Lipinski definition) is 1. The summed E-state index contributed by atoms with van der Waals surface area (Å²) in [6, 6.07) is 25.3. The van der Waals surface area contributed by atoms with Gasteiger partial charge in [0.2, 0.25) is 0 Å². The Morgan fingerprint density at radius 1 is 0.700 bits per heavy atom. The molecular formula is C18H18N2. The van der Waals surface area contributed by atoms with Gasteiger partial charge >= 0.3 is 0 Å². The summed E-state index contributed by atoms with van der Waals surface area (Å²) >= 11 is 0. The van der Waals surface area contributed by atoms with Gasteiger partial charge in [0.1, 0.15) is 0 Å². The van der Waals surface area contributed by atoms with Crippen molar-refractivity contribution < 1.29 is 0 Å². The smallest absolute Gasteiger partial charge is 0.0423 e. The van der Waals surface area contributed by atoms with E-state index in [0.29, 0.717) is 5.92 Å². The molecule has 3 rings (SSSR count). The SMILES string of the molecule is c1ccc(C(CNn2cccc2)c2ccccc2)cc1. The molecule has 0 saturated carbocycles. The number of nitrogens with zero attached hydrogens (tertiary/aromatic N) is 1. The van der Waals surface area contributed by atoms with Crippen LogP contribution in [0.3, 0.4) is 0 Å². The Morgan fingerprint density at radius 3 is 1.70 bits per heavy atom. The first-order valence-electron chi connectivity index (χ1n) is 6.90. The molecule has 100 valence electrons. The molecule has 2 aromatic carbocycles. The van der Waals surface area contributed by atoms with Crippen molar-refractivity contribution in [1.29, 1.82) is 0 Å². The van der Waals surface area contributed by atoms with Crippen molar-refractivity contribution in [2.45, 2.75) is 5.92 Å². The number of hydrogen-bond acceptors (Lipinski definition) is 1. The Hall–Kier alpha value is -2.48. The Balaban J connectivity index is 1.84. The summed E-state index contributed by atoms with van der Waals surface area (Å²) in [5.74, 6) is 0.347. The third kappa shape index (κ3) is 2.91. The van der Waals surface area contributed by atoms with Crippen LogP contribution in [0.5, 0.6) is 0 Å². The lowest BCUT2D eigenvalue weighted by Gasteiger charge is -2.19. The van der Waals surface area contributed by atoms with Gasteiger partial charge in [-0.05, 0) is 23.3 Å². The Labute approximate surface area is 119 Å². The average molecular weight is 262 g/mol. The fraction of sp³-hybridized carbons (Fsp3) is 0.111. The maximum Gasteiger partial charge on any atom is 0.0423 e. The zero-order valence-electron chi connectivity index (χ0n) is 11.3. The number of rotatable bonds is 5. The third-order valence-electron chi connectivity index (χ3n) is 3.49. The lowest BCUT2D eigenvalue weighted by molar-refractivity contribution is 0.756. The van der Waals surface area contributed by atoms with Gasteiger partial charge in [0.25, 0.3) is 0 Å². The lowest BCUT2D eigenvalue weighted by Crippen LogP contribution is -2.20. The van der Waals surface area contributed by atoms with E-state index in [4.69, 9.17) is 0 Å². The lowest BCUT2D eigenvalue weighted by atomic mass is 9.91. The molecule has 0 unspecified atom stereocenters. The molecule has 0 aliphatic heterocycles. The predicted molar refractivity (Wildman–Crippen MR) is 83.4 cm³/mol. The molecule has 0 radical (unpaired) electrons. The molecule has 2 heteroatoms. The van der Waals surface area contributed by atoms with E-state index in [1.165, 1.54) is 11.1 Å². The van der Waals surface area contributed by atoms with Crippen molar-refractivity contribution in [2.24, 2.45) is 0 Å². The van der Waals surface area contributed by atoms with E-state index in [-0.39, 0.29) is 0 Å². The van der Waals surface area contributed by atoms with Gasteiger partial charge in [-0.15, -0.1) is 0 Å². The second kappa shape index (κ2) is 6.11. The molecular weight excluding hydrogens is 244 g/mol. The molecule has 20 heavy (non-hydrogen) atoms. The summed E-state index contributed by atoms with van der Waals surface area (Å²) in [5.41, 5.74) is 6.10. The molecule has 0 amide bonds. The van der Waals surface area contributed by atoms with Crippen LogP contribution in [0.25, 0.3) is 0 Å². The van der Waals surface area contributed by atoms with Crippen molar-refractivity contribution in [2.75, 3.05) is 12.0 Å². The van der Waals surface area contributed by atoms with Crippen molar-refractivity contribution >= 4 is 0 Å². The standard InChI is InChI=1S/C18H18N2/c1-3-9-16(10-4-1)18(17-11-5-2-6-12-17)15-19-20-13-7-8-14-20/h1-14,18-19H,15H2. The number of benzene rings is 2. The van der Waals surface area contributed by atoms with Crippen LogP contribution in [0.15, 0.2) is 85.2 Å². The van der Waals surface area contributed by atoms with Gasteiger partial charge in [-0.1, -0.05) is 60.7 Å². The second-order valence-electron chi connectivity index (χ2n) is 4.83. The Bertz CT molecular complexity index is 576. The normalized spacial score (nSPS) is 10.7. The van der Waals surface area contributed by atoms with Crippen molar-refractivity contribution in [3.8, 4) is 0 Å². The monoisotopic (exact) mass is 262 g/mol. The molecule has 0 bridgehead atoms. The zero-order valence-corrected chi connectivity index (χ0v) is 11.3. The molecule has 0 atom stereocenters. The van der Waals surface area contributed by atoms with E-state index >= 15 is 0 Å². The molecule has 2 nitrogen and oxygen atoms in total. The molecule has 0 aliphatic rings. The highest BCUT2D eigenvalue weighted by Gasteiger charge is 2.13. The van der Waals surface area contributed by atoms with E-state index in [1.54, 1.807) is 0 Å². The van der Waals surface area contributed by atoms with Crippen LogP contribution in [0.4, 0.5) is 0 Å². The fourth-order valence-corrected chi connectivity index (χ4v) is 2.44. The van der Waals surface area contributed by atoms with Crippen LogP contribution in [0.1, 0.15) is 17.0 Å². The molecule has 1 N–H and O–H groups in total. The van der Waals surface area contributed by atoms with Crippen molar-refractivity contribution in [3.63, 3.8) is 0 Å². The summed E-state index contributed by atoms with van der Waals surface area (Å²) < 4.78 is 2.00. The summed E-state index contributed by atoms with van der Waals surface area (Å²) in [4.78, 5) is 0. The van der Waals surface area contributed by atoms with Crippen LogP contribution >= 0.6 is 0 Å². The fourth-order valence-electron chi connectivity index (χ4n) is 2.44. The highest BCUT2D eigenvalue weighted by molar-refractivity contribution is 5.33. The van der Waals surface area contributed by atoms with Gasteiger partial charge in [0, 0.05) is 24.9 Å². The molecule has 1 heterocycles. The second-order valence-corrected chi connectivity index (χ2v) is 4.83. The van der Waals surface area contributed by atoms with Crippen LogP contribution in [-0.2, 0) is 0 Å². The highest BCUT2D eigenvalue weighted by atomic mass is 15.4. The maximum absolute atomic E-state index is 3.44. The van der Waals surface area contributed by atoms with Gasteiger partial charge in [0.15, 0.2) is 0 Å². The predicted octanol–water partition coefficient (Wildman–Crippen LogP) is 3.86. The minimum absolute atomic E-state index is 0.347. The van der Waals surface area contributed by atoms with Gasteiger partial charge in [0.05, 0.1) is 0 Å². The van der Waals surface area contributed by atoms with Gasteiger partial charge < -0.3 is 5.43 Å². The van der Waals surface area contributed by atoms with Crippen LogP contribution < -0.4 is 5.43 Å². The molecule has 0 saturated heterocycles. The molecule has 1 aromatic heterocycles. The first-order valence-corrected chi connectivity index (χ1v) is 6.90. The summed E-state index contributed by atoms with van der Waals surface area (Å²) in [5, 5.41) is 0. The summed E-state index contributed by atoms with van der Waals surface area (Å²) in [6.45, 7) is 0.864. The van der Waals surface area contributed by atoms with E-state index in [1.807, 2.05) is 29.2 Å². The number of nitrogens with one attached hydrogen (secondary N) is 1. The molecule has 0 spiro atoms. The quantitative estimate of drug-likeness (QED) is 0.738. The van der Waals surface area contributed by atoms with Crippen LogP contribution in [-0.4, -0.2) is 11.2 Å². The van der Waals surface area contributed by atoms with Crippen LogP contribution in [0, 0.1) is 0 Å².